The number of anilines is 2. The first-order chi connectivity index (χ1) is 14.5. The number of nitrogens with two attached hydrogens (primary N) is 1. The Bertz CT molecular complexity index is 1100. The van der Waals surface area contributed by atoms with Gasteiger partial charge < -0.3 is 15.0 Å². The lowest BCUT2D eigenvalue weighted by Gasteiger charge is -2.18. The molecule has 0 bridgehead atoms. The average molecular weight is 445 g/mol. The number of ether oxygens (including phenoxy) is 1. The summed E-state index contributed by atoms with van der Waals surface area (Å²) in [4.78, 5) is 38.6. The molecule has 31 heavy (non-hydrogen) atoms. The summed E-state index contributed by atoms with van der Waals surface area (Å²) in [6, 6.07) is 12.7. The highest BCUT2D eigenvalue weighted by atomic mass is 32.2. The molecule has 2 atom stereocenters. The number of aryl methyl sites for hydroxylation is 1. The predicted octanol–water partition coefficient (Wildman–Crippen LogP) is 1.57. The molecule has 1 aliphatic heterocycles. The van der Waals surface area contributed by atoms with Crippen molar-refractivity contribution in [3.63, 3.8) is 0 Å². The molecule has 10 heteroatoms. The van der Waals surface area contributed by atoms with Crippen LogP contribution in [-0.2, 0) is 29.1 Å². The molecule has 3 rings (SSSR count). The number of amides is 2. The van der Waals surface area contributed by atoms with Crippen LogP contribution in [0.15, 0.2) is 53.4 Å². The highest BCUT2D eigenvalue weighted by Crippen LogP contribution is 2.26. The number of nitrogens with one attached hydrogen (secondary N) is 1. The number of benzene rings is 2. The van der Waals surface area contributed by atoms with Crippen molar-refractivity contribution in [2.75, 3.05) is 16.8 Å². The van der Waals surface area contributed by atoms with E-state index in [1.807, 2.05) is 31.2 Å². The molecule has 2 amide bonds. The van der Waals surface area contributed by atoms with Gasteiger partial charge in [0.05, 0.1) is 10.8 Å². The third-order valence-corrected chi connectivity index (χ3v) is 5.85. The predicted molar refractivity (Wildman–Crippen MR) is 114 cm³/mol. The summed E-state index contributed by atoms with van der Waals surface area (Å²) in [5.41, 5.74) is 2.09. The van der Waals surface area contributed by atoms with Crippen LogP contribution in [0.2, 0.25) is 0 Å². The standard InChI is InChI=1S/C21H23N3O6S/c1-13-3-7-17(8-4-13)24-12-15(11-19(24)25)21(27)30-14(2)20(26)23-16-5-9-18(10-6-16)31(22,28)29/h3-10,14-15H,11-12H2,1-2H3,(H,23,26)(H2,22,28,29)/t14-,15-/m0/s1. The minimum atomic E-state index is -3.83. The van der Waals surface area contributed by atoms with Crippen molar-refractivity contribution in [1.82, 2.24) is 0 Å². The Morgan fingerprint density at radius 2 is 1.74 bits per heavy atom. The first kappa shape index (κ1) is 22.4. The van der Waals surface area contributed by atoms with Crippen LogP contribution in [0.4, 0.5) is 11.4 Å². The molecule has 3 N–H and O–H groups in total. The zero-order valence-corrected chi connectivity index (χ0v) is 17.9. The van der Waals surface area contributed by atoms with Gasteiger partial charge in [-0.05, 0) is 50.2 Å². The molecule has 2 aromatic rings. The van der Waals surface area contributed by atoms with Crippen LogP contribution < -0.4 is 15.4 Å². The van der Waals surface area contributed by atoms with E-state index >= 15 is 0 Å². The Balaban J connectivity index is 1.56. The Labute approximate surface area is 180 Å². The normalized spacial score (nSPS) is 17.3. The van der Waals surface area contributed by atoms with Gasteiger partial charge in [-0.25, -0.2) is 13.6 Å². The fourth-order valence-corrected chi connectivity index (χ4v) is 3.65. The van der Waals surface area contributed by atoms with Crippen molar-refractivity contribution in [1.29, 1.82) is 0 Å². The van der Waals surface area contributed by atoms with E-state index < -0.39 is 33.9 Å². The monoisotopic (exact) mass is 445 g/mol. The van der Waals surface area contributed by atoms with E-state index in [-0.39, 0.29) is 23.8 Å². The van der Waals surface area contributed by atoms with Crippen molar-refractivity contribution < 1.29 is 27.5 Å². The van der Waals surface area contributed by atoms with Gasteiger partial charge in [0.15, 0.2) is 6.10 Å². The van der Waals surface area contributed by atoms with Gasteiger partial charge in [-0.15, -0.1) is 0 Å². The van der Waals surface area contributed by atoms with E-state index in [1.165, 1.54) is 36.1 Å². The van der Waals surface area contributed by atoms with Crippen LogP contribution in [0.5, 0.6) is 0 Å². The van der Waals surface area contributed by atoms with Crippen LogP contribution in [0.3, 0.4) is 0 Å². The molecule has 0 spiro atoms. The number of rotatable bonds is 6. The number of esters is 1. The summed E-state index contributed by atoms with van der Waals surface area (Å²) in [6.07, 6.45) is -1.09. The van der Waals surface area contributed by atoms with Crippen LogP contribution in [-0.4, -0.2) is 38.9 Å². The summed E-state index contributed by atoms with van der Waals surface area (Å²) in [7, 11) is -3.83. The van der Waals surface area contributed by atoms with Crippen molar-refractivity contribution in [3.05, 3.63) is 54.1 Å². The van der Waals surface area contributed by atoms with Gasteiger partial charge >= 0.3 is 5.97 Å². The smallest absolute Gasteiger partial charge is 0.312 e. The minimum absolute atomic E-state index is 0.00999. The summed E-state index contributed by atoms with van der Waals surface area (Å²) >= 11 is 0. The second kappa shape index (κ2) is 8.86. The Kier molecular flexibility index (Phi) is 6.42. The first-order valence-electron chi connectivity index (χ1n) is 9.56. The maximum atomic E-state index is 12.5. The maximum absolute atomic E-state index is 12.5. The molecule has 0 radical (unpaired) electrons. The van der Waals surface area contributed by atoms with Crippen LogP contribution in [0, 0.1) is 12.8 Å². The van der Waals surface area contributed by atoms with Gasteiger partial charge in [0.25, 0.3) is 5.91 Å². The molecule has 0 aromatic heterocycles. The number of nitrogens with zero attached hydrogens (tertiary/aromatic N) is 1. The molecule has 1 saturated heterocycles. The van der Waals surface area contributed by atoms with Gasteiger partial charge in [-0.3, -0.25) is 14.4 Å². The second-order valence-corrected chi connectivity index (χ2v) is 8.94. The minimum Gasteiger partial charge on any atom is -0.452 e. The lowest BCUT2D eigenvalue weighted by Crippen LogP contribution is -2.33. The van der Waals surface area contributed by atoms with Crippen molar-refractivity contribution in [2.24, 2.45) is 11.1 Å². The largest absolute Gasteiger partial charge is 0.452 e. The summed E-state index contributed by atoms with van der Waals surface area (Å²) < 4.78 is 27.8. The second-order valence-electron chi connectivity index (χ2n) is 7.38. The first-order valence-corrected chi connectivity index (χ1v) is 11.1. The fourth-order valence-electron chi connectivity index (χ4n) is 3.14. The van der Waals surface area contributed by atoms with E-state index in [9.17, 15) is 22.8 Å². The van der Waals surface area contributed by atoms with Crippen molar-refractivity contribution in [2.45, 2.75) is 31.3 Å². The SMILES string of the molecule is Cc1ccc(N2C[C@@H](C(=O)O[C@@H](C)C(=O)Nc3ccc(S(N)(=O)=O)cc3)CC2=O)cc1. The zero-order chi connectivity index (χ0) is 22.8. The van der Waals surface area contributed by atoms with E-state index in [1.54, 1.807) is 0 Å². The number of sulfonamides is 1. The third kappa shape index (κ3) is 5.47. The van der Waals surface area contributed by atoms with Crippen LogP contribution in [0.1, 0.15) is 18.9 Å². The lowest BCUT2D eigenvalue weighted by molar-refractivity contribution is -0.157. The Morgan fingerprint density at radius 1 is 1.13 bits per heavy atom. The number of hydrogen-bond donors (Lipinski definition) is 2. The highest BCUT2D eigenvalue weighted by molar-refractivity contribution is 7.89. The quantitative estimate of drug-likeness (QED) is 0.648. The van der Waals surface area contributed by atoms with E-state index in [0.717, 1.165) is 5.56 Å². The summed E-state index contributed by atoms with van der Waals surface area (Å²) in [5.74, 6) is -2.07. The maximum Gasteiger partial charge on any atom is 0.312 e. The number of carbonyl (C=O) groups excluding carboxylic acids is 3. The molecule has 0 aliphatic carbocycles. The van der Waals surface area contributed by atoms with Gasteiger partial charge in [0.1, 0.15) is 0 Å². The zero-order valence-electron chi connectivity index (χ0n) is 17.1. The average Bonchev–Trinajstić information content (AvgIpc) is 3.10. The van der Waals surface area contributed by atoms with Crippen LogP contribution in [0.25, 0.3) is 0 Å². The fraction of sp³-hybridized carbons (Fsp3) is 0.286. The molecular formula is C21H23N3O6S. The lowest BCUT2D eigenvalue weighted by atomic mass is 10.1. The number of hydrogen-bond acceptors (Lipinski definition) is 6. The Morgan fingerprint density at radius 3 is 2.32 bits per heavy atom. The molecule has 164 valence electrons. The molecule has 1 fully saturated rings. The van der Waals surface area contributed by atoms with Crippen molar-refractivity contribution >= 4 is 39.2 Å². The van der Waals surface area contributed by atoms with Gasteiger partial charge in [-0.1, -0.05) is 17.7 Å². The molecule has 0 unspecified atom stereocenters. The van der Waals surface area contributed by atoms with Gasteiger partial charge in [0.2, 0.25) is 15.9 Å². The summed E-state index contributed by atoms with van der Waals surface area (Å²) in [5, 5.41) is 7.57. The third-order valence-electron chi connectivity index (χ3n) is 4.92. The number of carbonyl (C=O) groups is 3. The van der Waals surface area contributed by atoms with Gasteiger partial charge in [-0.2, -0.15) is 0 Å². The van der Waals surface area contributed by atoms with Crippen LogP contribution >= 0.6 is 0 Å². The molecule has 9 nitrogen and oxygen atoms in total. The van der Waals surface area contributed by atoms with E-state index in [4.69, 9.17) is 9.88 Å². The molecule has 0 saturated carbocycles. The highest BCUT2D eigenvalue weighted by Gasteiger charge is 2.37. The topological polar surface area (TPSA) is 136 Å². The van der Waals surface area contributed by atoms with E-state index in [2.05, 4.69) is 5.32 Å². The molecular weight excluding hydrogens is 422 g/mol. The molecule has 1 aliphatic rings. The Hall–Kier alpha value is -3.24. The molecule has 2 aromatic carbocycles. The number of primary sulfonamides is 1. The molecule has 1 heterocycles. The van der Waals surface area contributed by atoms with Gasteiger partial charge in [0, 0.05) is 24.3 Å². The van der Waals surface area contributed by atoms with Crippen molar-refractivity contribution in [3.8, 4) is 0 Å². The summed E-state index contributed by atoms with van der Waals surface area (Å²) in [6.45, 7) is 3.54. The van der Waals surface area contributed by atoms with E-state index in [0.29, 0.717) is 11.4 Å².